The van der Waals surface area contributed by atoms with Crippen LogP contribution in [0.5, 0.6) is 0 Å². The molecule has 1 aromatic heterocycles. The predicted molar refractivity (Wildman–Crippen MR) is 110 cm³/mol. The van der Waals surface area contributed by atoms with Crippen molar-refractivity contribution in [2.45, 2.75) is 31.7 Å². The SMILES string of the molecule is CC(NC(=O)CN1CCC(c2nc3ccccc3o2)CC1)c1ccccc1Cl. The van der Waals surface area contributed by atoms with E-state index in [0.29, 0.717) is 17.5 Å². The molecule has 5 nitrogen and oxygen atoms in total. The lowest BCUT2D eigenvalue weighted by molar-refractivity contribution is -0.123. The van der Waals surface area contributed by atoms with E-state index >= 15 is 0 Å². The van der Waals surface area contributed by atoms with Crippen LogP contribution >= 0.6 is 11.6 Å². The standard InChI is InChI=1S/C22H24ClN3O2/c1-15(17-6-2-3-7-18(17)23)24-21(27)14-26-12-10-16(11-13-26)22-25-19-8-4-5-9-20(19)28-22/h2-9,15-16H,10-14H2,1H3,(H,24,27). The Labute approximate surface area is 169 Å². The zero-order valence-corrected chi connectivity index (χ0v) is 16.7. The van der Waals surface area contributed by atoms with Gasteiger partial charge in [0.15, 0.2) is 11.5 Å². The largest absolute Gasteiger partial charge is 0.440 e. The van der Waals surface area contributed by atoms with Crippen molar-refractivity contribution in [3.8, 4) is 0 Å². The highest BCUT2D eigenvalue weighted by Gasteiger charge is 2.26. The molecule has 1 unspecified atom stereocenters. The smallest absolute Gasteiger partial charge is 0.234 e. The highest BCUT2D eigenvalue weighted by Crippen LogP contribution is 2.30. The van der Waals surface area contributed by atoms with Crippen LogP contribution in [0.3, 0.4) is 0 Å². The molecule has 1 aliphatic rings. The van der Waals surface area contributed by atoms with E-state index in [1.807, 2.05) is 55.5 Å². The molecule has 0 spiro atoms. The van der Waals surface area contributed by atoms with Crippen LogP contribution in [0, 0.1) is 0 Å². The molecule has 28 heavy (non-hydrogen) atoms. The Kier molecular flexibility index (Phi) is 5.64. The van der Waals surface area contributed by atoms with Crippen molar-refractivity contribution in [2.24, 2.45) is 0 Å². The lowest BCUT2D eigenvalue weighted by Gasteiger charge is -2.30. The Morgan fingerprint density at radius 2 is 1.93 bits per heavy atom. The summed E-state index contributed by atoms with van der Waals surface area (Å²) in [5.74, 6) is 1.15. The third-order valence-corrected chi connectivity index (χ3v) is 5.71. The van der Waals surface area contributed by atoms with E-state index in [1.54, 1.807) is 0 Å². The molecule has 4 rings (SSSR count). The number of hydrogen-bond acceptors (Lipinski definition) is 4. The van der Waals surface area contributed by atoms with Gasteiger partial charge in [0, 0.05) is 10.9 Å². The van der Waals surface area contributed by atoms with Crippen molar-refractivity contribution in [3.63, 3.8) is 0 Å². The first-order valence-electron chi connectivity index (χ1n) is 9.72. The molecule has 6 heteroatoms. The number of piperidine rings is 1. The predicted octanol–water partition coefficient (Wildman–Crippen LogP) is 4.54. The van der Waals surface area contributed by atoms with Crippen molar-refractivity contribution >= 4 is 28.6 Å². The number of benzene rings is 2. The van der Waals surface area contributed by atoms with Gasteiger partial charge in [-0.1, -0.05) is 41.9 Å². The summed E-state index contributed by atoms with van der Waals surface area (Å²) < 4.78 is 5.92. The van der Waals surface area contributed by atoms with Crippen LogP contribution in [0.4, 0.5) is 0 Å². The molecule has 146 valence electrons. The summed E-state index contributed by atoms with van der Waals surface area (Å²) in [4.78, 5) is 19.3. The molecule has 2 heterocycles. The quantitative estimate of drug-likeness (QED) is 0.686. The Hall–Kier alpha value is -2.37. The molecule has 0 saturated carbocycles. The van der Waals surface area contributed by atoms with Gasteiger partial charge < -0.3 is 9.73 Å². The molecule has 0 bridgehead atoms. The Balaban J connectivity index is 1.29. The number of rotatable bonds is 5. The Bertz CT molecular complexity index is 930. The second kappa shape index (κ2) is 8.33. The van der Waals surface area contributed by atoms with Crippen LogP contribution in [-0.2, 0) is 4.79 Å². The van der Waals surface area contributed by atoms with E-state index in [0.717, 1.165) is 48.5 Å². The molecule has 2 aromatic carbocycles. The highest BCUT2D eigenvalue weighted by atomic mass is 35.5. The average molecular weight is 398 g/mol. The first-order valence-corrected chi connectivity index (χ1v) is 10.1. The van der Waals surface area contributed by atoms with Gasteiger partial charge in [-0.05, 0) is 56.6 Å². The maximum atomic E-state index is 12.4. The van der Waals surface area contributed by atoms with Crippen LogP contribution in [-0.4, -0.2) is 35.4 Å². The summed E-state index contributed by atoms with van der Waals surface area (Å²) in [7, 11) is 0. The van der Waals surface area contributed by atoms with Crippen LogP contribution in [0.25, 0.3) is 11.1 Å². The first kappa shape index (κ1) is 19.0. The van der Waals surface area contributed by atoms with E-state index in [-0.39, 0.29) is 11.9 Å². The number of amides is 1. The van der Waals surface area contributed by atoms with E-state index < -0.39 is 0 Å². The molecule has 1 N–H and O–H groups in total. The fourth-order valence-electron chi connectivity index (χ4n) is 3.80. The molecule has 0 aliphatic carbocycles. The number of fused-ring (bicyclic) bond motifs is 1. The van der Waals surface area contributed by atoms with Crippen molar-refractivity contribution in [1.82, 2.24) is 15.2 Å². The summed E-state index contributed by atoms with van der Waals surface area (Å²) >= 11 is 6.22. The minimum Gasteiger partial charge on any atom is -0.440 e. The molecule has 0 radical (unpaired) electrons. The van der Waals surface area contributed by atoms with Crippen molar-refractivity contribution in [2.75, 3.05) is 19.6 Å². The number of hydrogen-bond donors (Lipinski definition) is 1. The number of nitrogens with zero attached hydrogens (tertiary/aromatic N) is 2. The van der Waals surface area contributed by atoms with Gasteiger partial charge in [0.2, 0.25) is 5.91 Å². The number of para-hydroxylation sites is 2. The van der Waals surface area contributed by atoms with E-state index in [2.05, 4.69) is 15.2 Å². The van der Waals surface area contributed by atoms with Crippen molar-refractivity contribution < 1.29 is 9.21 Å². The van der Waals surface area contributed by atoms with Gasteiger partial charge >= 0.3 is 0 Å². The first-order chi connectivity index (χ1) is 13.6. The fourth-order valence-corrected chi connectivity index (χ4v) is 4.10. The summed E-state index contributed by atoms with van der Waals surface area (Å²) in [6.45, 7) is 4.07. The number of carbonyl (C=O) groups is 1. The Morgan fingerprint density at radius 3 is 2.68 bits per heavy atom. The number of aromatic nitrogens is 1. The van der Waals surface area contributed by atoms with Crippen LogP contribution in [0.1, 0.15) is 43.2 Å². The molecular weight excluding hydrogens is 374 g/mol. The number of nitrogens with one attached hydrogen (secondary N) is 1. The van der Waals surface area contributed by atoms with Crippen LogP contribution in [0.15, 0.2) is 52.9 Å². The normalized spacial score (nSPS) is 16.9. The van der Waals surface area contributed by atoms with Gasteiger partial charge in [-0.25, -0.2) is 4.98 Å². The summed E-state index contributed by atoms with van der Waals surface area (Å²) in [6.07, 6.45) is 1.89. The number of oxazole rings is 1. The van der Waals surface area contributed by atoms with E-state index in [9.17, 15) is 4.79 Å². The van der Waals surface area contributed by atoms with E-state index in [1.165, 1.54) is 0 Å². The zero-order chi connectivity index (χ0) is 19.5. The molecule has 1 atom stereocenters. The van der Waals surface area contributed by atoms with Crippen molar-refractivity contribution in [1.29, 1.82) is 0 Å². The van der Waals surface area contributed by atoms with E-state index in [4.69, 9.17) is 16.0 Å². The van der Waals surface area contributed by atoms with Gasteiger partial charge in [0.25, 0.3) is 0 Å². The van der Waals surface area contributed by atoms with Gasteiger partial charge in [-0.2, -0.15) is 0 Å². The molecule has 1 amide bonds. The summed E-state index contributed by atoms with van der Waals surface area (Å²) in [6, 6.07) is 15.4. The maximum absolute atomic E-state index is 12.4. The lowest BCUT2D eigenvalue weighted by Crippen LogP contribution is -2.41. The highest BCUT2D eigenvalue weighted by molar-refractivity contribution is 6.31. The average Bonchev–Trinajstić information content (AvgIpc) is 3.13. The molecule has 1 fully saturated rings. The van der Waals surface area contributed by atoms with Crippen LogP contribution < -0.4 is 5.32 Å². The van der Waals surface area contributed by atoms with Gasteiger partial charge in [-0.15, -0.1) is 0 Å². The van der Waals surface area contributed by atoms with Gasteiger partial charge in [-0.3, -0.25) is 9.69 Å². The topological polar surface area (TPSA) is 58.4 Å². The minimum atomic E-state index is -0.113. The summed E-state index contributed by atoms with van der Waals surface area (Å²) in [5, 5.41) is 3.72. The monoisotopic (exact) mass is 397 g/mol. The third kappa shape index (κ3) is 4.21. The maximum Gasteiger partial charge on any atom is 0.234 e. The third-order valence-electron chi connectivity index (χ3n) is 5.36. The second-order valence-corrected chi connectivity index (χ2v) is 7.79. The zero-order valence-electron chi connectivity index (χ0n) is 15.9. The Morgan fingerprint density at radius 1 is 1.21 bits per heavy atom. The number of likely N-dealkylation sites (tertiary alicyclic amines) is 1. The minimum absolute atomic E-state index is 0.0210. The number of carbonyl (C=O) groups excluding carboxylic acids is 1. The number of halogens is 1. The lowest BCUT2D eigenvalue weighted by atomic mass is 9.97. The van der Waals surface area contributed by atoms with Crippen LogP contribution in [0.2, 0.25) is 5.02 Å². The summed E-state index contributed by atoms with van der Waals surface area (Å²) in [5.41, 5.74) is 2.69. The fraction of sp³-hybridized carbons (Fsp3) is 0.364. The van der Waals surface area contributed by atoms with Gasteiger partial charge in [0.05, 0.1) is 12.6 Å². The second-order valence-electron chi connectivity index (χ2n) is 7.38. The molecule has 1 saturated heterocycles. The van der Waals surface area contributed by atoms with Crippen molar-refractivity contribution in [3.05, 3.63) is 65.0 Å². The molecular formula is C22H24ClN3O2. The van der Waals surface area contributed by atoms with Gasteiger partial charge in [0.1, 0.15) is 5.52 Å². The molecule has 3 aromatic rings. The molecule has 1 aliphatic heterocycles.